The molecule has 0 fully saturated rings. The van der Waals surface area contributed by atoms with Gasteiger partial charge in [0.05, 0.1) is 6.54 Å². The van der Waals surface area contributed by atoms with Crippen molar-refractivity contribution in [2.24, 2.45) is 5.73 Å². The Hall–Kier alpha value is -2.33. The average molecular weight is 370 g/mol. The number of rotatable bonds is 10. The number of carbonyl (C=O) groups excluding carboxylic acids is 3. The van der Waals surface area contributed by atoms with Crippen LogP contribution < -0.4 is 21.7 Å². The SMILES string of the molecule is NC(CCC(=O)NC(CS)C(=O)NCC(=O)NC1=CC=CC1)C(=O)O. The molecule has 0 saturated heterocycles. The van der Waals surface area contributed by atoms with Crippen molar-refractivity contribution in [2.75, 3.05) is 12.3 Å². The van der Waals surface area contributed by atoms with Crippen molar-refractivity contribution >= 4 is 36.3 Å². The Morgan fingerprint density at radius 1 is 1.28 bits per heavy atom. The summed E-state index contributed by atoms with van der Waals surface area (Å²) in [4.78, 5) is 46.0. The second-order valence-electron chi connectivity index (χ2n) is 5.38. The van der Waals surface area contributed by atoms with Crippen LogP contribution in [0.3, 0.4) is 0 Å². The number of aliphatic carboxylic acids is 1. The highest BCUT2D eigenvalue weighted by Gasteiger charge is 2.21. The lowest BCUT2D eigenvalue weighted by molar-refractivity contribution is -0.138. The molecule has 0 aromatic carbocycles. The normalized spacial score (nSPS) is 15.0. The smallest absolute Gasteiger partial charge is 0.320 e. The highest BCUT2D eigenvalue weighted by molar-refractivity contribution is 7.80. The van der Waals surface area contributed by atoms with Gasteiger partial charge in [-0.2, -0.15) is 12.6 Å². The molecule has 2 unspecified atom stereocenters. The van der Waals surface area contributed by atoms with Crippen LogP contribution in [0.5, 0.6) is 0 Å². The highest BCUT2D eigenvalue weighted by atomic mass is 32.1. The van der Waals surface area contributed by atoms with Crippen molar-refractivity contribution in [1.82, 2.24) is 16.0 Å². The molecule has 1 aliphatic rings. The molecule has 10 heteroatoms. The van der Waals surface area contributed by atoms with Crippen LogP contribution in [-0.2, 0) is 19.2 Å². The Bertz CT molecular complexity index is 590. The maximum absolute atomic E-state index is 12.0. The van der Waals surface area contributed by atoms with Crippen molar-refractivity contribution in [1.29, 1.82) is 0 Å². The number of allylic oxidation sites excluding steroid dienone is 3. The average Bonchev–Trinajstić information content (AvgIpc) is 3.07. The van der Waals surface area contributed by atoms with E-state index in [1.807, 2.05) is 12.2 Å². The minimum absolute atomic E-state index is 0.0270. The number of hydrogen-bond acceptors (Lipinski definition) is 6. The van der Waals surface area contributed by atoms with Gasteiger partial charge in [0.2, 0.25) is 17.7 Å². The van der Waals surface area contributed by atoms with E-state index in [0.29, 0.717) is 6.42 Å². The quantitative estimate of drug-likeness (QED) is 0.262. The Balaban J connectivity index is 2.34. The van der Waals surface area contributed by atoms with E-state index in [1.54, 1.807) is 6.08 Å². The van der Waals surface area contributed by atoms with Gasteiger partial charge in [0.1, 0.15) is 12.1 Å². The molecule has 1 aliphatic carbocycles. The molecule has 0 heterocycles. The van der Waals surface area contributed by atoms with Crippen LogP contribution in [-0.4, -0.2) is 53.2 Å². The Morgan fingerprint density at radius 3 is 2.56 bits per heavy atom. The maximum atomic E-state index is 12.0. The van der Waals surface area contributed by atoms with Gasteiger partial charge in [-0.3, -0.25) is 19.2 Å². The molecular formula is C15H22N4O5S. The predicted octanol–water partition coefficient (Wildman–Crippen LogP) is -1.33. The van der Waals surface area contributed by atoms with E-state index in [9.17, 15) is 19.2 Å². The number of nitrogens with one attached hydrogen (secondary N) is 3. The topological polar surface area (TPSA) is 151 Å². The fourth-order valence-corrected chi connectivity index (χ4v) is 2.18. The largest absolute Gasteiger partial charge is 0.480 e. The van der Waals surface area contributed by atoms with Gasteiger partial charge in [-0.25, -0.2) is 0 Å². The van der Waals surface area contributed by atoms with E-state index < -0.39 is 29.9 Å². The van der Waals surface area contributed by atoms with Crippen molar-refractivity contribution in [3.63, 3.8) is 0 Å². The van der Waals surface area contributed by atoms with Crippen LogP contribution in [0.2, 0.25) is 0 Å². The number of nitrogens with two attached hydrogens (primary N) is 1. The lowest BCUT2D eigenvalue weighted by atomic mass is 10.1. The van der Waals surface area contributed by atoms with Crippen LogP contribution in [0.4, 0.5) is 0 Å². The minimum Gasteiger partial charge on any atom is -0.480 e. The van der Waals surface area contributed by atoms with Crippen LogP contribution in [0.1, 0.15) is 19.3 Å². The fraction of sp³-hybridized carbons (Fsp3) is 0.467. The second kappa shape index (κ2) is 10.5. The lowest BCUT2D eigenvalue weighted by Gasteiger charge is -2.17. The molecule has 1 rings (SSSR count). The van der Waals surface area contributed by atoms with Crippen LogP contribution in [0.25, 0.3) is 0 Å². The molecule has 0 saturated carbocycles. The van der Waals surface area contributed by atoms with E-state index >= 15 is 0 Å². The summed E-state index contributed by atoms with van der Waals surface area (Å²) < 4.78 is 0. The van der Waals surface area contributed by atoms with Gasteiger partial charge in [0.25, 0.3) is 0 Å². The van der Waals surface area contributed by atoms with Crippen molar-refractivity contribution in [2.45, 2.75) is 31.3 Å². The molecule has 0 bridgehead atoms. The molecule has 9 nitrogen and oxygen atoms in total. The zero-order chi connectivity index (χ0) is 18.8. The summed E-state index contributed by atoms with van der Waals surface area (Å²) in [7, 11) is 0. The van der Waals surface area contributed by atoms with Gasteiger partial charge in [-0.05, 0) is 12.5 Å². The maximum Gasteiger partial charge on any atom is 0.320 e. The van der Waals surface area contributed by atoms with E-state index in [2.05, 4.69) is 28.6 Å². The molecule has 6 N–H and O–H groups in total. The van der Waals surface area contributed by atoms with Gasteiger partial charge >= 0.3 is 5.97 Å². The first-order valence-corrected chi connectivity index (χ1v) is 8.28. The monoisotopic (exact) mass is 370 g/mol. The molecule has 0 aliphatic heterocycles. The van der Waals surface area contributed by atoms with Gasteiger partial charge in [-0.1, -0.05) is 12.2 Å². The van der Waals surface area contributed by atoms with Gasteiger partial charge < -0.3 is 26.8 Å². The summed E-state index contributed by atoms with van der Waals surface area (Å²) in [5.74, 6) is -2.62. The molecule has 0 radical (unpaired) electrons. The number of carboxylic acids is 1. The number of carboxylic acid groups (broad SMARTS) is 1. The summed E-state index contributed by atoms with van der Waals surface area (Å²) in [5, 5.41) is 16.1. The standard InChI is InChI=1S/C15H22N4O5S/c16-10(15(23)24)5-6-12(20)19-11(8-25)14(22)17-7-13(21)18-9-3-1-2-4-9/h1-3,10-11,25H,4-8,16H2,(H,17,22)(H,18,21)(H,19,20)(H,23,24). The number of hydrogen-bond donors (Lipinski definition) is 6. The molecule has 138 valence electrons. The molecule has 0 aromatic heterocycles. The zero-order valence-electron chi connectivity index (χ0n) is 13.5. The highest BCUT2D eigenvalue weighted by Crippen LogP contribution is 2.05. The van der Waals surface area contributed by atoms with Gasteiger partial charge in [-0.15, -0.1) is 0 Å². The van der Waals surface area contributed by atoms with Gasteiger partial charge in [0.15, 0.2) is 0 Å². The second-order valence-corrected chi connectivity index (χ2v) is 5.74. The predicted molar refractivity (Wildman–Crippen MR) is 93.6 cm³/mol. The first kappa shape index (κ1) is 20.7. The first-order chi connectivity index (χ1) is 11.8. The molecular weight excluding hydrogens is 348 g/mol. The molecule has 2 atom stereocenters. The molecule has 3 amide bonds. The summed E-state index contributed by atoms with van der Waals surface area (Å²) in [5.41, 5.74) is 6.05. The van der Waals surface area contributed by atoms with E-state index in [-0.39, 0.29) is 31.0 Å². The van der Waals surface area contributed by atoms with E-state index in [4.69, 9.17) is 10.8 Å². The minimum atomic E-state index is -1.20. The first-order valence-electron chi connectivity index (χ1n) is 7.65. The van der Waals surface area contributed by atoms with Crippen LogP contribution in [0.15, 0.2) is 23.9 Å². The zero-order valence-corrected chi connectivity index (χ0v) is 14.4. The molecule has 0 spiro atoms. The van der Waals surface area contributed by atoms with Crippen molar-refractivity contribution in [3.8, 4) is 0 Å². The Morgan fingerprint density at radius 2 is 2.00 bits per heavy atom. The van der Waals surface area contributed by atoms with Crippen molar-refractivity contribution < 1.29 is 24.3 Å². The lowest BCUT2D eigenvalue weighted by Crippen LogP contribution is -2.50. The Kier molecular flexibility index (Phi) is 8.71. The van der Waals surface area contributed by atoms with Crippen molar-refractivity contribution in [3.05, 3.63) is 23.9 Å². The molecule has 25 heavy (non-hydrogen) atoms. The van der Waals surface area contributed by atoms with Crippen LogP contribution in [0, 0.1) is 0 Å². The number of carbonyl (C=O) groups is 4. The van der Waals surface area contributed by atoms with Crippen LogP contribution >= 0.6 is 12.6 Å². The Labute approximate surface area is 150 Å². The summed E-state index contributed by atoms with van der Waals surface area (Å²) in [6, 6.07) is -2.07. The summed E-state index contributed by atoms with van der Waals surface area (Å²) in [6.07, 6.45) is 5.92. The fourth-order valence-electron chi connectivity index (χ4n) is 1.92. The summed E-state index contributed by atoms with van der Waals surface area (Å²) >= 11 is 4.00. The van der Waals surface area contributed by atoms with Gasteiger partial charge in [0, 0.05) is 24.3 Å². The number of thiol groups is 1. The summed E-state index contributed by atoms with van der Waals surface area (Å²) in [6.45, 7) is -0.236. The van der Waals surface area contributed by atoms with E-state index in [0.717, 1.165) is 5.70 Å². The third-order valence-electron chi connectivity index (χ3n) is 3.33. The number of amides is 3. The molecule has 0 aromatic rings. The third-order valence-corrected chi connectivity index (χ3v) is 3.69. The third kappa shape index (κ3) is 7.86. The van der Waals surface area contributed by atoms with E-state index in [1.165, 1.54) is 0 Å².